The van der Waals surface area contributed by atoms with E-state index in [1.54, 1.807) is 7.05 Å². The maximum atomic E-state index is 6.00. The van der Waals surface area contributed by atoms with Gasteiger partial charge in [-0.05, 0) is 56.5 Å². The first kappa shape index (κ1) is 13.8. The summed E-state index contributed by atoms with van der Waals surface area (Å²) in [4.78, 5) is 4.12. The molecule has 0 atom stereocenters. The molecule has 0 saturated heterocycles. The molecule has 1 aliphatic rings. The number of hydrogen-bond acceptors (Lipinski definition) is 3. The van der Waals surface area contributed by atoms with Crippen molar-refractivity contribution in [3.05, 3.63) is 40.6 Å². The number of nitrogens with two attached hydrogens (primary N) is 1. The van der Waals surface area contributed by atoms with Crippen molar-refractivity contribution in [1.29, 1.82) is 0 Å². The van der Waals surface area contributed by atoms with Crippen LogP contribution in [0, 0.1) is 6.92 Å². The van der Waals surface area contributed by atoms with E-state index in [4.69, 9.17) is 5.73 Å². The fraction of sp³-hybridized carbons (Fsp3) is 0.438. The maximum Gasteiger partial charge on any atom is 0.0434 e. The highest BCUT2D eigenvalue weighted by atomic mass is 15.0. The highest BCUT2D eigenvalue weighted by Gasteiger charge is 2.42. The zero-order valence-electron chi connectivity index (χ0n) is 12.2. The fourth-order valence-electron chi connectivity index (χ4n) is 2.53. The Morgan fingerprint density at radius 1 is 1.42 bits per heavy atom. The predicted octanol–water partition coefficient (Wildman–Crippen LogP) is 2.59. The van der Waals surface area contributed by atoms with E-state index in [0.29, 0.717) is 0 Å². The molecule has 0 radical (unpaired) electrons. The maximum absolute atomic E-state index is 6.00. The molecule has 0 unspecified atom stereocenters. The molecule has 0 spiro atoms. The van der Waals surface area contributed by atoms with Gasteiger partial charge in [0.1, 0.15) is 0 Å². The quantitative estimate of drug-likeness (QED) is 0.815. The third-order valence-corrected chi connectivity index (χ3v) is 3.99. The van der Waals surface area contributed by atoms with Gasteiger partial charge in [0.25, 0.3) is 0 Å². The summed E-state index contributed by atoms with van der Waals surface area (Å²) in [6.07, 6.45) is 4.25. The van der Waals surface area contributed by atoms with Crippen molar-refractivity contribution >= 4 is 11.8 Å². The summed E-state index contributed by atoms with van der Waals surface area (Å²) in [5.74, 6) is 0. The third kappa shape index (κ3) is 2.56. The number of nitrogens with one attached hydrogen (secondary N) is 1. The van der Waals surface area contributed by atoms with E-state index < -0.39 is 0 Å². The van der Waals surface area contributed by atoms with E-state index in [1.165, 1.54) is 29.5 Å². The minimum Gasteiger partial charge on any atom is -0.402 e. The van der Waals surface area contributed by atoms with Gasteiger partial charge < -0.3 is 11.1 Å². The zero-order chi connectivity index (χ0) is 14.0. The zero-order valence-corrected chi connectivity index (χ0v) is 12.2. The molecule has 2 rings (SSSR count). The molecular weight excluding hydrogens is 234 g/mol. The Morgan fingerprint density at radius 3 is 2.58 bits per heavy atom. The fourth-order valence-corrected chi connectivity index (χ4v) is 2.53. The van der Waals surface area contributed by atoms with Crippen LogP contribution in [-0.2, 0) is 5.54 Å². The van der Waals surface area contributed by atoms with Gasteiger partial charge in [-0.2, -0.15) is 0 Å². The summed E-state index contributed by atoms with van der Waals surface area (Å²) in [6.45, 7) is 4.04. The Hall–Kier alpha value is -1.61. The van der Waals surface area contributed by atoms with Crippen LogP contribution in [0.3, 0.4) is 0 Å². The minimum absolute atomic E-state index is 0.180. The topological polar surface area (TPSA) is 50.4 Å². The summed E-state index contributed by atoms with van der Waals surface area (Å²) in [7, 11) is 3.81. The molecule has 0 heterocycles. The van der Waals surface area contributed by atoms with Gasteiger partial charge in [-0.25, -0.2) is 0 Å². The smallest absolute Gasteiger partial charge is 0.0434 e. The second-order valence-electron chi connectivity index (χ2n) is 5.35. The highest BCUT2D eigenvalue weighted by molar-refractivity contribution is 6.11. The lowest BCUT2D eigenvalue weighted by molar-refractivity contribution is 0.585. The highest BCUT2D eigenvalue weighted by Crippen LogP contribution is 2.45. The van der Waals surface area contributed by atoms with Crippen molar-refractivity contribution in [3.8, 4) is 0 Å². The molecule has 1 aliphatic carbocycles. The molecule has 3 heteroatoms. The first-order chi connectivity index (χ1) is 9.04. The van der Waals surface area contributed by atoms with Gasteiger partial charge >= 0.3 is 0 Å². The predicted molar refractivity (Wildman–Crippen MR) is 82.3 cm³/mol. The van der Waals surface area contributed by atoms with Gasteiger partial charge in [0.05, 0.1) is 0 Å². The van der Waals surface area contributed by atoms with Gasteiger partial charge in [0.15, 0.2) is 0 Å². The van der Waals surface area contributed by atoms with Crippen molar-refractivity contribution in [1.82, 2.24) is 5.32 Å². The Balaban J connectivity index is 2.51. The van der Waals surface area contributed by atoms with Crippen LogP contribution in [0.15, 0.2) is 28.9 Å². The first-order valence-corrected chi connectivity index (χ1v) is 6.73. The lowest BCUT2D eigenvalue weighted by Crippen LogP contribution is -2.24. The molecule has 0 aromatic heterocycles. The van der Waals surface area contributed by atoms with E-state index in [2.05, 4.69) is 35.4 Å². The van der Waals surface area contributed by atoms with Crippen molar-refractivity contribution in [3.63, 3.8) is 0 Å². The normalized spacial score (nSPS) is 18.5. The number of rotatable bonds is 4. The Labute approximate surface area is 115 Å². The average Bonchev–Trinajstić information content (AvgIpc) is 3.17. The van der Waals surface area contributed by atoms with Crippen molar-refractivity contribution in [2.24, 2.45) is 10.7 Å². The molecule has 3 nitrogen and oxygen atoms in total. The molecule has 1 saturated carbocycles. The standard InChI is InChI=1S/C16H23N3/c1-11-5-6-13(16(19-4)7-8-16)9-14(11)15(10-18-3)12(2)17/h5-6,9-10,19H,7-8,17H2,1-4H3/b15-12+,18-10?. The monoisotopic (exact) mass is 257 g/mol. The molecule has 3 N–H and O–H groups in total. The number of hydrogen-bond donors (Lipinski definition) is 2. The average molecular weight is 257 g/mol. The first-order valence-electron chi connectivity index (χ1n) is 6.73. The second kappa shape index (κ2) is 5.17. The van der Waals surface area contributed by atoms with Gasteiger partial charge in [0.2, 0.25) is 0 Å². The summed E-state index contributed by atoms with van der Waals surface area (Å²) in [5, 5.41) is 3.43. The van der Waals surface area contributed by atoms with Crippen molar-refractivity contribution in [2.45, 2.75) is 32.2 Å². The Morgan fingerprint density at radius 2 is 2.11 bits per heavy atom. The molecule has 102 valence electrons. The van der Waals surface area contributed by atoms with Crippen LogP contribution in [0.4, 0.5) is 0 Å². The van der Waals surface area contributed by atoms with Crippen LogP contribution in [0.25, 0.3) is 5.57 Å². The van der Waals surface area contributed by atoms with Gasteiger partial charge in [-0.15, -0.1) is 0 Å². The SMILES string of the molecule is CN=C/C(=C(/C)N)c1cc(C2(NC)CC2)ccc1C. The number of aliphatic imine (C=N–C) groups is 1. The van der Waals surface area contributed by atoms with E-state index in [9.17, 15) is 0 Å². The summed E-state index contributed by atoms with van der Waals surface area (Å²) >= 11 is 0. The summed E-state index contributed by atoms with van der Waals surface area (Å²) < 4.78 is 0. The third-order valence-electron chi connectivity index (χ3n) is 3.99. The van der Waals surface area contributed by atoms with Crippen LogP contribution in [0.1, 0.15) is 36.5 Å². The summed E-state index contributed by atoms with van der Waals surface area (Å²) in [6, 6.07) is 6.65. The summed E-state index contributed by atoms with van der Waals surface area (Å²) in [5.41, 5.74) is 11.8. The van der Waals surface area contributed by atoms with Crippen molar-refractivity contribution in [2.75, 3.05) is 14.1 Å². The molecule has 1 aromatic rings. The van der Waals surface area contributed by atoms with Gasteiger partial charge in [-0.3, -0.25) is 4.99 Å². The second-order valence-corrected chi connectivity index (χ2v) is 5.35. The Kier molecular flexibility index (Phi) is 3.76. The number of allylic oxidation sites excluding steroid dienone is 2. The van der Waals surface area contributed by atoms with E-state index in [1.807, 2.05) is 20.2 Å². The van der Waals surface area contributed by atoms with Crippen LogP contribution in [0.2, 0.25) is 0 Å². The molecule has 1 fully saturated rings. The molecular formula is C16H23N3. The lowest BCUT2D eigenvalue weighted by Gasteiger charge is -2.18. The number of benzene rings is 1. The van der Waals surface area contributed by atoms with Crippen LogP contribution in [-0.4, -0.2) is 20.3 Å². The van der Waals surface area contributed by atoms with Gasteiger partial charge in [0, 0.05) is 30.1 Å². The van der Waals surface area contributed by atoms with Crippen LogP contribution in [0.5, 0.6) is 0 Å². The number of aryl methyl sites for hydroxylation is 1. The lowest BCUT2D eigenvalue weighted by atomic mass is 9.94. The molecule has 1 aromatic carbocycles. The molecule has 0 aliphatic heterocycles. The molecule has 19 heavy (non-hydrogen) atoms. The van der Waals surface area contributed by atoms with E-state index in [0.717, 1.165) is 11.3 Å². The number of nitrogens with zero attached hydrogens (tertiary/aromatic N) is 1. The van der Waals surface area contributed by atoms with Gasteiger partial charge in [-0.1, -0.05) is 12.1 Å². The molecule has 0 amide bonds. The van der Waals surface area contributed by atoms with Crippen molar-refractivity contribution < 1.29 is 0 Å². The largest absolute Gasteiger partial charge is 0.402 e. The Bertz CT molecular complexity index is 533. The van der Waals surface area contributed by atoms with Crippen LogP contribution < -0.4 is 11.1 Å². The van der Waals surface area contributed by atoms with Crippen LogP contribution >= 0.6 is 0 Å². The molecule has 0 bridgehead atoms. The minimum atomic E-state index is 0.180. The van der Waals surface area contributed by atoms with E-state index in [-0.39, 0.29) is 5.54 Å². The van der Waals surface area contributed by atoms with E-state index >= 15 is 0 Å².